The molecule has 0 nitrogen and oxygen atoms in total. The van der Waals surface area contributed by atoms with Gasteiger partial charge >= 0.3 is 34.6 Å². The normalized spacial score (nSPS) is 2.40. The van der Waals surface area contributed by atoms with Gasteiger partial charge in [0.2, 0.25) is 0 Å². The summed E-state index contributed by atoms with van der Waals surface area (Å²) in [6.45, 7) is 0. The summed E-state index contributed by atoms with van der Waals surface area (Å²) in [5, 5.41) is 0. The molecule has 0 aromatic heterocycles. The van der Waals surface area contributed by atoms with Crippen molar-refractivity contribution in [3.05, 3.63) is 0 Å². The molecule has 0 unspecified atom stereocenters. The quantitative estimate of drug-likeness (QED) is 0.537. The van der Waals surface area contributed by atoms with Crippen LogP contribution in [0, 0.1) is 0 Å². The molecule has 1 radical (unpaired) electrons. The van der Waals surface area contributed by atoms with Crippen molar-refractivity contribution in [2.24, 2.45) is 0 Å². The zero-order valence-electron chi connectivity index (χ0n) is 2.72. The predicted molar refractivity (Wildman–Crippen MR) is 31.3 cm³/mol. The Balaban J connectivity index is -0.0000000200. The van der Waals surface area contributed by atoms with E-state index in [1.165, 1.54) is 0 Å². The molecular formula is H2LiMoS3. The van der Waals surface area contributed by atoms with E-state index in [1.54, 1.807) is 0 Å². The molecule has 27 valence electrons. The first-order valence-electron chi connectivity index (χ1n) is 0.333. The zero-order valence-corrected chi connectivity index (χ0v) is 7.36. The van der Waals surface area contributed by atoms with Crippen LogP contribution in [0.25, 0.3) is 0 Å². The van der Waals surface area contributed by atoms with E-state index in [4.69, 9.17) is 0 Å². The van der Waals surface area contributed by atoms with Crippen molar-refractivity contribution in [2.75, 3.05) is 0 Å². The molecule has 0 bridgehead atoms. The molecule has 0 aliphatic carbocycles. The van der Waals surface area contributed by atoms with Crippen molar-refractivity contribution >= 4 is 52.0 Å². The van der Waals surface area contributed by atoms with Crippen molar-refractivity contribution in [2.45, 2.75) is 0 Å². The molecule has 0 atom stereocenters. The van der Waals surface area contributed by atoms with E-state index in [2.05, 4.69) is 19.6 Å². The van der Waals surface area contributed by atoms with Crippen molar-refractivity contribution in [1.29, 1.82) is 0 Å². The van der Waals surface area contributed by atoms with Crippen LogP contribution in [0.3, 0.4) is 0 Å². The summed E-state index contributed by atoms with van der Waals surface area (Å²) in [5.41, 5.74) is 0. The van der Waals surface area contributed by atoms with Crippen LogP contribution in [0.4, 0.5) is 0 Å². The molecule has 0 amide bonds. The summed E-state index contributed by atoms with van der Waals surface area (Å²) in [6.07, 6.45) is 0. The Morgan fingerprint density at radius 1 is 1.20 bits per heavy atom. The van der Waals surface area contributed by atoms with Crippen LogP contribution >= 0.6 is 33.1 Å². The van der Waals surface area contributed by atoms with Gasteiger partial charge in [0.15, 0.2) is 0 Å². The molecule has 0 saturated heterocycles. The molecule has 0 saturated carbocycles. The first-order valence-corrected chi connectivity index (χ1v) is 5.92. The van der Waals surface area contributed by atoms with Crippen LogP contribution in [-0.2, 0) is 14.9 Å². The molecule has 0 heterocycles. The fourth-order valence-corrected chi connectivity index (χ4v) is 0. The SMILES string of the molecule is S.[Li].[S]=[Mo]=[S]. The summed E-state index contributed by atoms with van der Waals surface area (Å²) in [7, 11) is 8.68. The fraction of sp³-hybridized carbons (Fsp3) is 0. The third kappa shape index (κ3) is 23.4. The topological polar surface area (TPSA) is 0 Å². The average molecular weight is 201 g/mol. The molecule has 0 aliphatic rings. The van der Waals surface area contributed by atoms with E-state index in [0.29, 0.717) is 0 Å². The van der Waals surface area contributed by atoms with Gasteiger partial charge in [0.25, 0.3) is 0 Å². The summed E-state index contributed by atoms with van der Waals surface area (Å²) in [4.78, 5) is 0. The van der Waals surface area contributed by atoms with Crippen molar-refractivity contribution in [1.82, 2.24) is 0 Å². The molecule has 0 fully saturated rings. The molecule has 0 aliphatic heterocycles. The number of hydrogen-bond acceptors (Lipinski definition) is 2. The minimum atomic E-state index is -0.363. The fourth-order valence-electron chi connectivity index (χ4n) is 0. The average Bonchev–Trinajstić information content (AvgIpc) is 0.918. The van der Waals surface area contributed by atoms with Gasteiger partial charge in [0.1, 0.15) is 0 Å². The van der Waals surface area contributed by atoms with Gasteiger partial charge in [-0.05, 0) is 0 Å². The molecule has 5 heavy (non-hydrogen) atoms. The summed E-state index contributed by atoms with van der Waals surface area (Å²) in [5.74, 6) is 0. The Morgan fingerprint density at radius 3 is 1.20 bits per heavy atom. The molecule has 0 aromatic carbocycles. The molecular weight excluding hydrogens is 199 g/mol. The van der Waals surface area contributed by atoms with Crippen LogP contribution in [0.5, 0.6) is 0 Å². The zero-order chi connectivity index (χ0) is 2.71. The van der Waals surface area contributed by atoms with Gasteiger partial charge in [-0.2, -0.15) is 13.5 Å². The molecule has 0 spiro atoms. The van der Waals surface area contributed by atoms with Crippen molar-refractivity contribution in [3.63, 3.8) is 0 Å². The third-order valence-electron chi connectivity index (χ3n) is 0. The van der Waals surface area contributed by atoms with Gasteiger partial charge < -0.3 is 0 Å². The monoisotopic (exact) mass is 203 g/mol. The van der Waals surface area contributed by atoms with Gasteiger partial charge in [-0.1, -0.05) is 0 Å². The van der Waals surface area contributed by atoms with Crippen molar-refractivity contribution in [3.8, 4) is 0 Å². The summed E-state index contributed by atoms with van der Waals surface area (Å²) >= 11 is -0.363. The second-order valence-corrected chi connectivity index (χ2v) is 3.62. The van der Waals surface area contributed by atoms with E-state index in [9.17, 15) is 0 Å². The summed E-state index contributed by atoms with van der Waals surface area (Å²) < 4.78 is 0. The Hall–Kier alpha value is 2.08. The first-order chi connectivity index (χ1) is 1.41. The standard InChI is InChI=1S/Li.Mo.H2S.2S/h;;1H2;;. The molecule has 5 heteroatoms. The Kier molecular flexibility index (Phi) is 52.0. The first kappa shape index (κ1) is 15.7. The molecule has 0 N–H and O–H groups in total. The summed E-state index contributed by atoms with van der Waals surface area (Å²) in [6, 6.07) is 0. The predicted octanol–water partition coefficient (Wildman–Crippen LogP) is 1.03. The van der Waals surface area contributed by atoms with E-state index < -0.39 is 0 Å². The Bertz CT molecular complexity index is 27.9. The third-order valence-corrected chi connectivity index (χ3v) is 0. The minimum absolute atomic E-state index is 0. The number of rotatable bonds is 0. The molecule has 0 aromatic rings. The van der Waals surface area contributed by atoms with Gasteiger partial charge in [-0.3, -0.25) is 0 Å². The number of hydrogen-bond donors (Lipinski definition) is 0. The van der Waals surface area contributed by atoms with Gasteiger partial charge in [0.05, 0.1) is 0 Å². The van der Waals surface area contributed by atoms with Crippen molar-refractivity contribution < 1.29 is 14.9 Å². The van der Waals surface area contributed by atoms with E-state index >= 15 is 0 Å². The second-order valence-electron chi connectivity index (χ2n) is 0.0680. The van der Waals surface area contributed by atoms with E-state index in [1.807, 2.05) is 0 Å². The van der Waals surface area contributed by atoms with Crippen LogP contribution in [0.1, 0.15) is 0 Å². The van der Waals surface area contributed by atoms with Gasteiger partial charge in [-0.25, -0.2) is 0 Å². The van der Waals surface area contributed by atoms with Gasteiger partial charge in [0, 0.05) is 18.9 Å². The van der Waals surface area contributed by atoms with Crippen LogP contribution in [-0.4, -0.2) is 18.9 Å². The Labute approximate surface area is 66.1 Å². The van der Waals surface area contributed by atoms with Crippen LogP contribution in [0.15, 0.2) is 0 Å². The maximum atomic E-state index is 4.34. The Morgan fingerprint density at radius 2 is 1.20 bits per heavy atom. The maximum absolute atomic E-state index is 4.34. The van der Waals surface area contributed by atoms with Gasteiger partial charge in [-0.15, -0.1) is 0 Å². The van der Waals surface area contributed by atoms with Crippen LogP contribution in [0.2, 0.25) is 0 Å². The van der Waals surface area contributed by atoms with E-state index in [-0.39, 0.29) is 47.3 Å². The van der Waals surface area contributed by atoms with E-state index in [0.717, 1.165) is 0 Å². The molecule has 0 rings (SSSR count). The second kappa shape index (κ2) is 16.5. The van der Waals surface area contributed by atoms with Crippen LogP contribution < -0.4 is 0 Å².